The number of hydrogen-bond acceptors (Lipinski definition) is 4. The third-order valence-electron chi connectivity index (χ3n) is 3.02. The van der Waals surface area contributed by atoms with Crippen LogP contribution in [0.5, 0.6) is 0 Å². The van der Waals surface area contributed by atoms with Crippen molar-refractivity contribution in [3.8, 4) is 0 Å². The topological polar surface area (TPSA) is 61.6 Å². The van der Waals surface area contributed by atoms with Crippen LogP contribution in [0, 0.1) is 0 Å². The number of amides is 1. The maximum atomic E-state index is 11.5. The highest BCUT2D eigenvalue weighted by atomic mass is 16.1. The van der Waals surface area contributed by atoms with Crippen molar-refractivity contribution < 1.29 is 4.79 Å². The van der Waals surface area contributed by atoms with Gasteiger partial charge in [0.25, 0.3) is 0 Å². The average Bonchev–Trinajstić information content (AvgIpc) is 2.18. The highest BCUT2D eigenvalue weighted by Gasteiger charge is 2.22. The summed E-state index contributed by atoms with van der Waals surface area (Å²) in [6.45, 7) is 5.73. The number of carbonyl (C=O) groups excluding carboxylic acids is 1. The van der Waals surface area contributed by atoms with Crippen molar-refractivity contribution in [3.63, 3.8) is 0 Å². The van der Waals surface area contributed by atoms with Crippen LogP contribution in [-0.2, 0) is 4.79 Å². The number of hydrogen-bond donors (Lipinski definition) is 2. The molecule has 1 aliphatic rings. The smallest absolute Gasteiger partial charge is 0.221 e. The first-order chi connectivity index (χ1) is 7.49. The van der Waals surface area contributed by atoms with E-state index < -0.39 is 0 Å². The molecule has 1 rings (SSSR count). The highest BCUT2D eigenvalue weighted by Crippen LogP contribution is 2.04. The molecule has 0 saturated carbocycles. The molecule has 1 saturated heterocycles. The Balaban J connectivity index is 2.27. The zero-order chi connectivity index (χ0) is 12.1. The normalized spacial score (nSPS) is 25.4. The van der Waals surface area contributed by atoms with Gasteiger partial charge in [0.15, 0.2) is 0 Å². The lowest BCUT2D eigenvalue weighted by molar-refractivity contribution is -0.121. The summed E-state index contributed by atoms with van der Waals surface area (Å²) in [6.07, 6.45) is 0.409. The van der Waals surface area contributed by atoms with E-state index in [1.807, 2.05) is 6.92 Å². The zero-order valence-electron chi connectivity index (χ0n) is 10.6. The van der Waals surface area contributed by atoms with E-state index in [0.29, 0.717) is 19.0 Å². The van der Waals surface area contributed by atoms with Crippen LogP contribution < -0.4 is 11.1 Å². The third kappa shape index (κ3) is 4.47. The van der Waals surface area contributed by atoms with Crippen LogP contribution in [-0.4, -0.2) is 68.1 Å². The first-order valence-electron chi connectivity index (χ1n) is 5.90. The highest BCUT2D eigenvalue weighted by molar-refractivity contribution is 5.76. The lowest BCUT2D eigenvalue weighted by atomic mass is 10.1. The molecule has 2 atom stereocenters. The van der Waals surface area contributed by atoms with Gasteiger partial charge in [0, 0.05) is 44.7 Å². The second kappa shape index (κ2) is 6.18. The van der Waals surface area contributed by atoms with Gasteiger partial charge in [-0.3, -0.25) is 9.69 Å². The fourth-order valence-corrected chi connectivity index (χ4v) is 1.92. The molecule has 5 heteroatoms. The van der Waals surface area contributed by atoms with Gasteiger partial charge in [-0.05, 0) is 21.0 Å². The van der Waals surface area contributed by atoms with Crippen molar-refractivity contribution in [2.45, 2.75) is 25.4 Å². The van der Waals surface area contributed by atoms with E-state index in [1.54, 1.807) is 0 Å². The number of likely N-dealkylation sites (N-methyl/N-ethyl adjacent to an activating group) is 2. The fraction of sp³-hybridized carbons (Fsp3) is 0.909. The molecule has 5 nitrogen and oxygen atoms in total. The summed E-state index contributed by atoms with van der Waals surface area (Å²) in [5, 5.41) is 2.95. The summed E-state index contributed by atoms with van der Waals surface area (Å²) in [5.74, 6) is 0.0524. The monoisotopic (exact) mass is 228 g/mol. The van der Waals surface area contributed by atoms with E-state index in [4.69, 9.17) is 5.73 Å². The number of nitrogens with zero attached hydrogens (tertiary/aromatic N) is 2. The van der Waals surface area contributed by atoms with Crippen LogP contribution >= 0.6 is 0 Å². The minimum absolute atomic E-state index is 0.0524. The molecule has 94 valence electrons. The number of nitrogens with two attached hydrogens (primary N) is 1. The second-order valence-corrected chi connectivity index (χ2v) is 4.88. The third-order valence-corrected chi connectivity index (χ3v) is 3.02. The summed E-state index contributed by atoms with van der Waals surface area (Å²) < 4.78 is 0. The van der Waals surface area contributed by atoms with E-state index >= 15 is 0 Å². The molecule has 3 N–H and O–H groups in total. The number of piperazine rings is 1. The zero-order valence-corrected chi connectivity index (χ0v) is 10.6. The van der Waals surface area contributed by atoms with Gasteiger partial charge in [0.1, 0.15) is 0 Å². The van der Waals surface area contributed by atoms with Gasteiger partial charge >= 0.3 is 0 Å². The van der Waals surface area contributed by atoms with Crippen molar-refractivity contribution in [3.05, 3.63) is 0 Å². The van der Waals surface area contributed by atoms with Crippen LogP contribution in [0.1, 0.15) is 13.3 Å². The summed E-state index contributed by atoms with van der Waals surface area (Å²) in [6, 6.07) is 0.350. The van der Waals surface area contributed by atoms with Gasteiger partial charge in [0.05, 0.1) is 0 Å². The summed E-state index contributed by atoms with van der Waals surface area (Å²) >= 11 is 0. The molecule has 0 aliphatic carbocycles. The van der Waals surface area contributed by atoms with Gasteiger partial charge < -0.3 is 16.0 Å². The summed E-state index contributed by atoms with van der Waals surface area (Å²) in [5.41, 5.74) is 5.57. The molecule has 0 aromatic rings. The van der Waals surface area contributed by atoms with Crippen molar-refractivity contribution in [1.29, 1.82) is 0 Å². The Hall–Kier alpha value is -0.650. The summed E-state index contributed by atoms with van der Waals surface area (Å²) in [4.78, 5) is 16.1. The predicted octanol–water partition coefficient (Wildman–Crippen LogP) is -0.914. The van der Waals surface area contributed by atoms with Gasteiger partial charge in [-0.1, -0.05) is 0 Å². The molecule has 1 heterocycles. The first kappa shape index (κ1) is 13.4. The Morgan fingerprint density at radius 2 is 2.19 bits per heavy atom. The van der Waals surface area contributed by atoms with Crippen molar-refractivity contribution >= 4 is 5.91 Å². The molecule has 0 aromatic carbocycles. The molecule has 1 amide bonds. The van der Waals surface area contributed by atoms with Gasteiger partial charge in [0.2, 0.25) is 5.91 Å². The SMILES string of the molecule is CC(N)CC(=O)NCC1CN(C)CCN1C. The van der Waals surface area contributed by atoms with Crippen molar-refractivity contribution in [2.75, 3.05) is 40.3 Å². The Morgan fingerprint density at radius 1 is 1.50 bits per heavy atom. The van der Waals surface area contributed by atoms with E-state index in [0.717, 1.165) is 19.6 Å². The van der Waals surface area contributed by atoms with Crippen molar-refractivity contribution in [2.24, 2.45) is 5.73 Å². The fourth-order valence-electron chi connectivity index (χ4n) is 1.92. The van der Waals surface area contributed by atoms with Gasteiger partial charge in [-0.2, -0.15) is 0 Å². The van der Waals surface area contributed by atoms with Crippen LogP contribution in [0.4, 0.5) is 0 Å². The molecular formula is C11H24N4O. The molecule has 0 aromatic heterocycles. The Kier molecular flexibility index (Phi) is 5.18. The first-order valence-corrected chi connectivity index (χ1v) is 5.90. The largest absolute Gasteiger partial charge is 0.354 e. The lowest BCUT2D eigenvalue weighted by Gasteiger charge is -2.37. The van der Waals surface area contributed by atoms with E-state index in [1.165, 1.54) is 0 Å². The number of carbonyl (C=O) groups is 1. The Morgan fingerprint density at radius 3 is 2.81 bits per heavy atom. The van der Waals surface area contributed by atoms with Crippen LogP contribution in [0.15, 0.2) is 0 Å². The Labute approximate surface area is 98.0 Å². The molecular weight excluding hydrogens is 204 g/mol. The van der Waals surface area contributed by atoms with Crippen molar-refractivity contribution in [1.82, 2.24) is 15.1 Å². The standard InChI is InChI=1S/C11H24N4O/c1-9(12)6-11(16)13-7-10-8-14(2)4-5-15(10)3/h9-10H,4-8,12H2,1-3H3,(H,13,16). The minimum atomic E-state index is -0.0632. The molecule has 1 aliphatic heterocycles. The van der Waals surface area contributed by atoms with Gasteiger partial charge in [-0.25, -0.2) is 0 Å². The molecule has 16 heavy (non-hydrogen) atoms. The molecule has 0 spiro atoms. The van der Waals surface area contributed by atoms with E-state index in [9.17, 15) is 4.79 Å². The molecule has 0 bridgehead atoms. The van der Waals surface area contributed by atoms with E-state index in [2.05, 4.69) is 29.2 Å². The maximum Gasteiger partial charge on any atom is 0.221 e. The second-order valence-electron chi connectivity index (χ2n) is 4.88. The lowest BCUT2D eigenvalue weighted by Crippen LogP contribution is -2.54. The van der Waals surface area contributed by atoms with Crippen LogP contribution in [0.3, 0.4) is 0 Å². The van der Waals surface area contributed by atoms with E-state index in [-0.39, 0.29) is 11.9 Å². The number of nitrogens with one attached hydrogen (secondary N) is 1. The van der Waals surface area contributed by atoms with Crippen LogP contribution in [0.25, 0.3) is 0 Å². The average molecular weight is 228 g/mol. The Bertz CT molecular complexity index is 232. The molecule has 0 radical (unpaired) electrons. The van der Waals surface area contributed by atoms with Crippen LogP contribution in [0.2, 0.25) is 0 Å². The van der Waals surface area contributed by atoms with Gasteiger partial charge in [-0.15, -0.1) is 0 Å². The number of rotatable bonds is 4. The molecule has 2 unspecified atom stereocenters. The minimum Gasteiger partial charge on any atom is -0.354 e. The maximum absolute atomic E-state index is 11.5. The quantitative estimate of drug-likeness (QED) is 0.654. The predicted molar refractivity (Wildman–Crippen MR) is 65.2 cm³/mol. The molecule has 1 fully saturated rings. The summed E-state index contributed by atoms with van der Waals surface area (Å²) in [7, 11) is 4.22.